The predicted molar refractivity (Wildman–Crippen MR) is 114 cm³/mol. The Balaban J connectivity index is 1.58. The van der Waals surface area contributed by atoms with Crippen LogP contribution in [0, 0.1) is 6.92 Å². The Morgan fingerprint density at radius 2 is 1.70 bits per heavy atom. The molecule has 3 aromatic carbocycles. The summed E-state index contributed by atoms with van der Waals surface area (Å²) in [5.74, 6) is 0.998. The standard InChI is InChI=1S/C25H22O5/c1-17-12-13-22(27-2)18(14-17)15-29-25(26)24-21(16-28-19-8-4-3-5-9-19)20-10-6-7-11-23(20)30-24/h3-14H,15-16H2,1-2H3. The van der Waals surface area contributed by atoms with Crippen molar-refractivity contribution >= 4 is 16.9 Å². The molecule has 4 aromatic rings. The van der Waals surface area contributed by atoms with E-state index in [4.69, 9.17) is 18.6 Å². The fraction of sp³-hybridized carbons (Fsp3) is 0.160. The number of hydrogen-bond acceptors (Lipinski definition) is 5. The number of hydrogen-bond donors (Lipinski definition) is 0. The largest absolute Gasteiger partial charge is 0.496 e. The number of aryl methyl sites for hydroxylation is 1. The molecule has 5 nitrogen and oxygen atoms in total. The number of carbonyl (C=O) groups is 1. The average molecular weight is 402 g/mol. The number of methoxy groups -OCH3 is 1. The zero-order valence-corrected chi connectivity index (χ0v) is 16.9. The molecule has 30 heavy (non-hydrogen) atoms. The van der Waals surface area contributed by atoms with Gasteiger partial charge in [0.05, 0.1) is 12.7 Å². The van der Waals surface area contributed by atoms with Gasteiger partial charge in [0.15, 0.2) is 0 Å². The summed E-state index contributed by atoms with van der Waals surface area (Å²) >= 11 is 0. The lowest BCUT2D eigenvalue weighted by Gasteiger charge is -2.10. The molecule has 0 aliphatic heterocycles. The van der Waals surface area contributed by atoms with Crippen molar-refractivity contribution in [2.75, 3.05) is 7.11 Å². The van der Waals surface area contributed by atoms with Gasteiger partial charge < -0.3 is 18.6 Å². The topological polar surface area (TPSA) is 57.9 Å². The lowest BCUT2D eigenvalue weighted by Crippen LogP contribution is -2.09. The van der Waals surface area contributed by atoms with Gasteiger partial charge in [0, 0.05) is 10.9 Å². The Hall–Kier alpha value is -3.73. The van der Waals surface area contributed by atoms with Gasteiger partial charge in [-0.25, -0.2) is 4.79 Å². The summed E-state index contributed by atoms with van der Waals surface area (Å²) in [6, 6.07) is 22.7. The van der Waals surface area contributed by atoms with Gasteiger partial charge in [0.1, 0.15) is 30.3 Å². The molecule has 4 rings (SSSR count). The van der Waals surface area contributed by atoms with E-state index in [0.29, 0.717) is 22.6 Å². The zero-order valence-electron chi connectivity index (χ0n) is 16.9. The van der Waals surface area contributed by atoms with Gasteiger partial charge in [-0.05, 0) is 37.3 Å². The van der Waals surface area contributed by atoms with Gasteiger partial charge in [-0.3, -0.25) is 0 Å². The summed E-state index contributed by atoms with van der Waals surface area (Å²) in [4.78, 5) is 12.9. The second-order valence-corrected chi connectivity index (χ2v) is 6.90. The maximum atomic E-state index is 12.9. The van der Waals surface area contributed by atoms with E-state index in [1.165, 1.54) is 0 Å². The number of esters is 1. The smallest absolute Gasteiger partial charge is 0.375 e. The van der Waals surface area contributed by atoms with E-state index >= 15 is 0 Å². The van der Waals surface area contributed by atoms with Crippen LogP contribution in [0.2, 0.25) is 0 Å². The maximum absolute atomic E-state index is 12.9. The Labute approximate surface area is 174 Å². The van der Waals surface area contributed by atoms with E-state index in [-0.39, 0.29) is 19.0 Å². The highest BCUT2D eigenvalue weighted by Gasteiger charge is 2.23. The van der Waals surface area contributed by atoms with Crippen LogP contribution in [0.5, 0.6) is 11.5 Å². The molecule has 1 aromatic heterocycles. The highest BCUT2D eigenvalue weighted by Crippen LogP contribution is 2.29. The molecule has 0 aliphatic rings. The predicted octanol–water partition coefficient (Wildman–Crippen LogP) is 5.69. The SMILES string of the molecule is COc1ccc(C)cc1COC(=O)c1oc2ccccc2c1COc1ccccc1. The number of para-hydroxylation sites is 2. The third kappa shape index (κ3) is 4.15. The molecule has 0 atom stereocenters. The number of furan rings is 1. The fourth-order valence-electron chi connectivity index (χ4n) is 3.31. The highest BCUT2D eigenvalue weighted by molar-refractivity contribution is 5.96. The number of carbonyl (C=O) groups excluding carboxylic acids is 1. The van der Waals surface area contributed by atoms with Crippen LogP contribution in [-0.4, -0.2) is 13.1 Å². The van der Waals surface area contributed by atoms with Gasteiger partial charge in [-0.1, -0.05) is 48.0 Å². The lowest BCUT2D eigenvalue weighted by atomic mass is 10.1. The van der Waals surface area contributed by atoms with E-state index in [9.17, 15) is 4.79 Å². The first-order valence-electron chi connectivity index (χ1n) is 9.64. The van der Waals surface area contributed by atoms with Crippen LogP contribution in [0.4, 0.5) is 0 Å². The molecule has 0 fully saturated rings. The van der Waals surface area contributed by atoms with Crippen molar-refractivity contribution in [3.63, 3.8) is 0 Å². The van der Waals surface area contributed by atoms with E-state index in [1.807, 2.05) is 79.7 Å². The zero-order chi connectivity index (χ0) is 20.9. The average Bonchev–Trinajstić information content (AvgIpc) is 3.15. The molecule has 1 heterocycles. The first kappa shape index (κ1) is 19.6. The van der Waals surface area contributed by atoms with Crippen molar-refractivity contribution in [2.24, 2.45) is 0 Å². The van der Waals surface area contributed by atoms with Crippen molar-refractivity contribution < 1.29 is 23.4 Å². The molecular formula is C25H22O5. The first-order valence-corrected chi connectivity index (χ1v) is 9.64. The van der Waals surface area contributed by atoms with Crippen molar-refractivity contribution in [1.82, 2.24) is 0 Å². The van der Waals surface area contributed by atoms with E-state index in [1.54, 1.807) is 7.11 Å². The molecule has 0 aliphatic carbocycles. The van der Waals surface area contributed by atoms with Gasteiger partial charge in [0.2, 0.25) is 5.76 Å². The molecule has 0 radical (unpaired) electrons. The third-order valence-corrected chi connectivity index (χ3v) is 4.80. The van der Waals surface area contributed by atoms with Crippen molar-refractivity contribution in [3.05, 3.63) is 95.2 Å². The number of rotatable bonds is 7. The van der Waals surface area contributed by atoms with Gasteiger partial charge in [-0.2, -0.15) is 0 Å². The van der Waals surface area contributed by atoms with E-state index in [2.05, 4.69) is 0 Å². The van der Waals surface area contributed by atoms with Crippen molar-refractivity contribution in [3.8, 4) is 11.5 Å². The van der Waals surface area contributed by atoms with E-state index in [0.717, 1.165) is 16.5 Å². The monoisotopic (exact) mass is 402 g/mol. The first-order chi connectivity index (χ1) is 14.7. The molecule has 5 heteroatoms. The summed E-state index contributed by atoms with van der Waals surface area (Å²) in [5.41, 5.74) is 3.13. The minimum atomic E-state index is -0.540. The van der Waals surface area contributed by atoms with E-state index < -0.39 is 5.97 Å². The fourth-order valence-corrected chi connectivity index (χ4v) is 3.31. The van der Waals surface area contributed by atoms with Gasteiger partial charge in [0.25, 0.3) is 0 Å². The minimum absolute atomic E-state index is 0.0830. The van der Waals surface area contributed by atoms with Gasteiger partial charge >= 0.3 is 5.97 Å². The molecule has 0 saturated carbocycles. The molecule has 0 spiro atoms. The summed E-state index contributed by atoms with van der Waals surface area (Å²) in [6.07, 6.45) is 0. The highest BCUT2D eigenvalue weighted by atomic mass is 16.5. The van der Waals surface area contributed by atoms with Crippen LogP contribution in [0.15, 0.2) is 77.2 Å². The lowest BCUT2D eigenvalue weighted by molar-refractivity contribution is 0.0432. The summed E-state index contributed by atoms with van der Waals surface area (Å²) < 4.78 is 22.6. The second-order valence-electron chi connectivity index (χ2n) is 6.90. The van der Waals surface area contributed by atoms with Crippen LogP contribution < -0.4 is 9.47 Å². The quantitative estimate of drug-likeness (QED) is 0.372. The van der Waals surface area contributed by atoms with Crippen molar-refractivity contribution in [2.45, 2.75) is 20.1 Å². The second kappa shape index (κ2) is 8.74. The summed E-state index contributed by atoms with van der Waals surface area (Å²) in [5, 5.41) is 0.827. The molecule has 0 N–H and O–H groups in total. The summed E-state index contributed by atoms with van der Waals surface area (Å²) in [7, 11) is 1.59. The Bertz CT molecular complexity index is 1160. The van der Waals surface area contributed by atoms with Crippen LogP contribution in [0.3, 0.4) is 0 Å². The molecule has 0 unspecified atom stereocenters. The van der Waals surface area contributed by atoms with Crippen molar-refractivity contribution in [1.29, 1.82) is 0 Å². The molecular weight excluding hydrogens is 380 g/mol. The van der Waals surface area contributed by atoms with Crippen LogP contribution >= 0.6 is 0 Å². The number of benzene rings is 3. The molecule has 0 bridgehead atoms. The molecule has 0 amide bonds. The third-order valence-electron chi connectivity index (χ3n) is 4.80. The Kier molecular flexibility index (Phi) is 5.70. The molecule has 0 saturated heterocycles. The normalized spacial score (nSPS) is 10.7. The summed E-state index contributed by atoms with van der Waals surface area (Å²) in [6.45, 7) is 2.25. The van der Waals surface area contributed by atoms with Crippen LogP contribution in [0.25, 0.3) is 11.0 Å². The maximum Gasteiger partial charge on any atom is 0.375 e. The number of fused-ring (bicyclic) bond motifs is 1. The Morgan fingerprint density at radius 3 is 2.50 bits per heavy atom. The van der Waals surface area contributed by atoms with Gasteiger partial charge in [-0.15, -0.1) is 0 Å². The Morgan fingerprint density at radius 1 is 0.933 bits per heavy atom. The number of ether oxygens (including phenoxy) is 3. The van der Waals surface area contributed by atoms with Crippen LogP contribution in [0.1, 0.15) is 27.2 Å². The molecule has 152 valence electrons. The minimum Gasteiger partial charge on any atom is -0.496 e. The van der Waals surface area contributed by atoms with Crippen LogP contribution in [-0.2, 0) is 18.0 Å².